The average Bonchev–Trinajstić information content (AvgIpc) is 2.14. The summed E-state index contributed by atoms with van der Waals surface area (Å²) in [5.74, 6) is 1.97. The molecule has 3 N–H and O–H groups in total. The largest absolute Gasteiger partial charge is 0.351 e. The van der Waals surface area contributed by atoms with Crippen LogP contribution in [0.3, 0.4) is 0 Å². The Morgan fingerprint density at radius 3 is 2.57 bits per heavy atom. The maximum atomic E-state index is 11.6. The molecule has 0 radical (unpaired) electrons. The van der Waals surface area contributed by atoms with Crippen molar-refractivity contribution in [2.75, 3.05) is 11.5 Å². The van der Waals surface area contributed by atoms with Crippen LogP contribution in [0, 0.1) is 0 Å². The summed E-state index contributed by atoms with van der Waals surface area (Å²) in [5.41, 5.74) is 5.09. The zero-order valence-corrected chi connectivity index (χ0v) is 10.4. The quantitative estimate of drug-likeness (QED) is 0.708. The van der Waals surface area contributed by atoms with Crippen LogP contribution >= 0.6 is 11.8 Å². The van der Waals surface area contributed by atoms with E-state index in [1.54, 1.807) is 6.92 Å². The van der Waals surface area contributed by atoms with Crippen LogP contribution in [0.15, 0.2) is 0 Å². The first-order chi connectivity index (χ1) is 6.44. The second-order valence-electron chi connectivity index (χ2n) is 3.80. The molecule has 0 aromatic carbocycles. The van der Waals surface area contributed by atoms with Crippen molar-refractivity contribution in [2.45, 2.75) is 45.7 Å². The highest BCUT2D eigenvalue weighted by molar-refractivity contribution is 7.99. The molecule has 0 aromatic heterocycles. The molecule has 0 saturated carbocycles. The topological polar surface area (TPSA) is 55.1 Å². The highest BCUT2D eigenvalue weighted by Gasteiger charge is 2.26. The minimum Gasteiger partial charge on any atom is -0.351 e. The smallest absolute Gasteiger partial charge is 0.240 e. The predicted octanol–water partition coefficient (Wildman–Crippen LogP) is 1.37. The summed E-state index contributed by atoms with van der Waals surface area (Å²) in [7, 11) is 0. The van der Waals surface area contributed by atoms with Crippen molar-refractivity contribution in [1.82, 2.24) is 5.32 Å². The van der Waals surface area contributed by atoms with E-state index in [2.05, 4.69) is 12.2 Å². The van der Waals surface area contributed by atoms with Gasteiger partial charge in [0.2, 0.25) is 5.91 Å². The van der Waals surface area contributed by atoms with E-state index in [9.17, 15) is 4.79 Å². The summed E-state index contributed by atoms with van der Waals surface area (Å²) in [6, 6.07) is 0.196. The number of carbonyl (C=O) groups excluding carboxylic acids is 1. The molecule has 0 fully saturated rings. The van der Waals surface area contributed by atoms with Crippen LogP contribution in [0.5, 0.6) is 0 Å². The van der Waals surface area contributed by atoms with E-state index in [4.69, 9.17) is 5.73 Å². The highest BCUT2D eigenvalue weighted by atomic mass is 32.2. The van der Waals surface area contributed by atoms with E-state index < -0.39 is 5.54 Å². The third-order valence-corrected chi connectivity index (χ3v) is 3.35. The van der Waals surface area contributed by atoms with E-state index in [-0.39, 0.29) is 11.9 Å². The number of hydrogen-bond acceptors (Lipinski definition) is 3. The standard InChI is InChI=1S/C10H22N2OS/c1-5-10(4,11)9(13)12-8(3)7-14-6-2/h8H,5-7,11H2,1-4H3,(H,12,13). The number of thioether (sulfide) groups is 1. The summed E-state index contributed by atoms with van der Waals surface area (Å²) in [6.07, 6.45) is 0.659. The van der Waals surface area contributed by atoms with Crippen molar-refractivity contribution < 1.29 is 4.79 Å². The van der Waals surface area contributed by atoms with Crippen molar-refractivity contribution >= 4 is 17.7 Å². The maximum Gasteiger partial charge on any atom is 0.240 e. The Morgan fingerprint density at radius 1 is 1.57 bits per heavy atom. The van der Waals surface area contributed by atoms with E-state index in [1.165, 1.54) is 0 Å². The van der Waals surface area contributed by atoms with Crippen molar-refractivity contribution in [1.29, 1.82) is 0 Å². The van der Waals surface area contributed by atoms with Crippen LogP contribution in [0.2, 0.25) is 0 Å². The van der Waals surface area contributed by atoms with Crippen LogP contribution in [-0.4, -0.2) is 29.0 Å². The van der Waals surface area contributed by atoms with Gasteiger partial charge in [-0.05, 0) is 26.0 Å². The van der Waals surface area contributed by atoms with Gasteiger partial charge in [-0.2, -0.15) is 11.8 Å². The van der Waals surface area contributed by atoms with Gasteiger partial charge in [-0.15, -0.1) is 0 Å². The van der Waals surface area contributed by atoms with E-state index in [0.29, 0.717) is 6.42 Å². The third-order valence-electron chi connectivity index (χ3n) is 2.20. The summed E-state index contributed by atoms with van der Waals surface area (Å²) >= 11 is 1.82. The number of amides is 1. The molecule has 3 nitrogen and oxygen atoms in total. The van der Waals surface area contributed by atoms with Gasteiger partial charge in [0.05, 0.1) is 5.54 Å². The van der Waals surface area contributed by atoms with Crippen molar-refractivity contribution in [2.24, 2.45) is 5.73 Å². The molecule has 0 heterocycles. The van der Waals surface area contributed by atoms with E-state index in [1.807, 2.05) is 25.6 Å². The lowest BCUT2D eigenvalue weighted by Gasteiger charge is -2.24. The van der Waals surface area contributed by atoms with Crippen molar-refractivity contribution in [3.63, 3.8) is 0 Å². The Hall–Kier alpha value is -0.220. The first kappa shape index (κ1) is 13.8. The molecule has 4 heteroatoms. The van der Waals surface area contributed by atoms with Gasteiger partial charge >= 0.3 is 0 Å². The Kier molecular flexibility index (Phi) is 6.20. The van der Waals surface area contributed by atoms with E-state index in [0.717, 1.165) is 11.5 Å². The number of carbonyl (C=O) groups is 1. The lowest BCUT2D eigenvalue weighted by atomic mass is 9.99. The van der Waals surface area contributed by atoms with Gasteiger partial charge in [0, 0.05) is 11.8 Å². The number of nitrogens with two attached hydrogens (primary N) is 1. The van der Waals surface area contributed by atoms with Gasteiger partial charge in [0.1, 0.15) is 0 Å². The van der Waals surface area contributed by atoms with Crippen LogP contribution in [0.4, 0.5) is 0 Å². The molecule has 1 amide bonds. The number of hydrogen-bond donors (Lipinski definition) is 2. The molecule has 0 aliphatic heterocycles. The van der Waals surface area contributed by atoms with Crippen LogP contribution in [0.25, 0.3) is 0 Å². The van der Waals surface area contributed by atoms with Crippen LogP contribution in [0.1, 0.15) is 34.1 Å². The lowest BCUT2D eigenvalue weighted by Crippen LogP contribution is -2.53. The second kappa shape index (κ2) is 6.30. The van der Waals surface area contributed by atoms with Gasteiger partial charge < -0.3 is 11.1 Å². The zero-order chi connectivity index (χ0) is 11.2. The van der Waals surface area contributed by atoms with Gasteiger partial charge in [-0.3, -0.25) is 4.79 Å². The fourth-order valence-electron chi connectivity index (χ4n) is 0.886. The maximum absolute atomic E-state index is 11.6. The molecule has 84 valence electrons. The van der Waals surface area contributed by atoms with Gasteiger partial charge in [0.25, 0.3) is 0 Å². The minimum absolute atomic E-state index is 0.0517. The highest BCUT2D eigenvalue weighted by Crippen LogP contribution is 2.06. The Labute approximate surface area is 91.2 Å². The molecule has 0 aliphatic carbocycles. The molecule has 14 heavy (non-hydrogen) atoms. The molecular weight excluding hydrogens is 196 g/mol. The Bertz CT molecular complexity index is 183. The molecule has 0 aliphatic rings. The molecule has 0 aromatic rings. The fourth-order valence-corrected chi connectivity index (χ4v) is 1.56. The normalized spacial score (nSPS) is 17.2. The molecule has 0 saturated heterocycles. The summed E-state index contributed by atoms with van der Waals surface area (Å²) in [5, 5.41) is 2.92. The second-order valence-corrected chi connectivity index (χ2v) is 5.12. The molecular formula is C10H22N2OS. The van der Waals surface area contributed by atoms with Gasteiger partial charge in [-0.1, -0.05) is 13.8 Å². The third kappa shape index (κ3) is 4.86. The molecule has 0 spiro atoms. The molecule has 0 rings (SSSR count). The number of rotatable bonds is 6. The Balaban J connectivity index is 3.93. The van der Waals surface area contributed by atoms with Crippen LogP contribution < -0.4 is 11.1 Å². The van der Waals surface area contributed by atoms with E-state index >= 15 is 0 Å². The molecule has 2 atom stereocenters. The zero-order valence-electron chi connectivity index (χ0n) is 9.59. The minimum atomic E-state index is -0.731. The summed E-state index contributed by atoms with van der Waals surface area (Å²) in [6.45, 7) is 7.80. The molecule has 0 bridgehead atoms. The van der Waals surface area contributed by atoms with Crippen LogP contribution in [-0.2, 0) is 4.79 Å². The average molecular weight is 218 g/mol. The fraction of sp³-hybridized carbons (Fsp3) is 0.900. The lowest BCUT2D eigenvalue weighted by molar-refractivity contribution is -0.126. The van der Waals surface area contributed by atoms with Crippen molar-refractivity contribution in [3.8, 4) is 0 Å². The number of nitrogens with one attached hydrogen (secondary N) is 1. The SMILES string of the molecule is CCSCC(C)NC(=O)C(C)(N)CC. The van der Waals surface area contributed by atoms with Crippen molar-refractivity contribution in [3.05, 3.63) is 0 Å². The summed E-state index contributed by atoms with van der Waals surface area (Å²) in [4.78, 5) is 11.6. The predicted molar refractivity (Wildman–Crippen MR) is 63.5 cm³/mol. The monoisotopic (exact) mass is 218 g/mol. The summed E-state index contributed by atoms with van der Waals surface area (Å²) < 4.78 is 0. The van der Waals surface area contributed by atoms with Gasteiger partial charge in [-0.25, -0.2) is 0 Å². The Morgan fingerprint density at radius 2 is 2.14 bits per heavy atom. The van der Waals surface area contributed by atoms with Gasteiger partial charge in [0.15, 0.2) is 0 Å². The molecule has 2 unspecified atom stereocenters. The first-order valence-corrected chi connectivity index (χ1v) is 6.27. The first-order valence-electron chi connectivity index (χ1n) is 5.11.